The molecular formula is C11H14N4O. The van der Waals surface area contributed by atoms with E-state index in [-0.39, 0.29) is 5.91 Å². The van der Waals surface area contributed by atoms with E-state index in [1.165, 1.54) is 0 Å². The van der Waals surface area contributed by atoms with Crippen LogP contribution in [-0.4, -0.2) is 29.2 Å². The number of benzene rings is 1. The minimum Gasteiger partial charge on any atom is -0.352 e. The summed E-state index contributed by atoms with van der Waals surface area (Å²) in [5.74, 6) is -0.0726. The first-order valence-electron chi connectivity index (χ1n) is 5.22. The highest BCUT2D eigenvalue weighted by molar-refractivity contribution is 5.97. The van der Waals surface area contributed by atoms with Gasteiger partial charge in [-0.2, -0.15) is 5.10 Å². The van der Waals surface area contributed by atoms with Gasteiger partial charge in [-0.15, -0.1) is 0 Å². The van der Waals surface area contributed by atoms with Crippen LogP contribution in [0, 0.1) is 0 Å². The molecule has 5 nitrogen and oxygen atoms in total. The van der Waals surface area contributed by atoms with Crippen molar-refractivity contribution in [2.75, 3.05) is 13.1 Å². The monoisotopic (exact) mass is 218 g/mol. The number of aromatic amines is 1. The molecule has 0 aliphatic rings. The molecule has 0 radical (unpaired) electrons. The van der Waals surface area contributed by atoms with Gasteiger partial charge in [-0.05, 0) is 31.2 Å². The number of nitrogens with zero attached hydrogens (tertiary/aromatic N) is 1. The molecule has 0 spiro atoms. The van der Waals surface area contributed by atoms with Gasteiger partial charge in [-0.3, -0.25) is 9.89 Å². The third-order valence-corrected chi connectivity index (χ3v) is 2.37. The van der Waals surface area contributed by atoms with Gasteiger partial charge in [-0.25, -0.2) is 0 Å². The molecule has 0 unspecified atom stereocenters. The van der Waals surface area contributed by atoms with Crippen LogP contribution in [0.3, 0.4) is 0 Å². The lowest BCUT2D eigenvalue weighted by atomic mass is 10.1. The fraction of sp³-hybridized carbons (Fsp3) is 0.273. The SMILES string of the molecule is NCCCNC(=O)c1ccc2[nH]ncc2c1. The molecule has 2 aromatic rings. The van der Waals surface area contributed by atoms with E-state index in [0.29, 0.717) is 18.7 Å². The van der Waals surface area contributed by atoms with Crippen LogP contribution in [-0.2, 0) is 0 Å². The summed E-state index contributed by atoms with van der Waals surface area (Å²) >= 11 is 0. The molecule has 2 rings (SSSR count). The summed E-state index contributed by atoms with van der Waals surface area (Å²) in [6, 6.07) is 5.44. The standard InChI is InChI=1S/C11H14N4O/c12-4-1-5-13-11(16)8-2-3-10-9(6-8)7-14-15-10/h2-3,6-7H,1,4-5,12H2,(H,13,16)(H,14,15). The summed E-state index contributed by atoms with van der Waals surface area (Å²) in [7, 11) is 0. The molecule has 0 aliphatic heterocycles. The quantitative estimate of drug-likeness (QED) is 0.658. The number of rotatable bonds is 4. The van der Waals surface area contributed by atoms with Crippen LogP contribution in [0.4, 0.5) is 0 Å². The molecule has 0 saturated carbocycles. The van der Waals surface area contributed by atoms with E-state index in [0.717, 1.165) is 17.3 Å². The molecule has 1 aromatic heterocycles. The Morgan fingerprint density at radius 1 is 1.50 bits per heavy atom. The molecule has 0 fully saturated rings. The van der Waals surface area contributed by atoms with Crippen LogP contribution >= 0.6 is 0 Å². The van der Waals surface area contributed by atoms with E-state index in [1.807, 2.05) is 12.1 Å². The third-order valence-electron chi connectivity index (χ3n) is 2.37. The Balaban J connectivity index is 2.10. The summed E-state index contributed by atoms with van der Waals surface area (Å²) in [5, 5.41) is 10.5. The number of nitrogens with one attached hydrogen (secondary N) is 2. The predicted octanol–water partition coefficient (Wildman–Crippen LogP) is 0.641. The van der Waals surface area contributed by atoms with Gasteiger partial charge >= 0.3 is 0 Å². The summed E-state index contributed by atoms with van der Waals surface area (Å²) in [6.45, 7) is 1.19. The minimum absolute atomic E-state index is 0.0726. The van der Waals surface area contributed by atoms with Crippen molar-refractivity contribution in [2.24, 2.45) is 5.73 Å². The Labute approximate surface area is 93.0 Å². The fourth-order valence-corrected chi connectivity index (χ4v) is 1.49. The van der Waals surface area contributed by atoms with E-state index in [4.69, 9.17) is 5.73 Å². The molecule has 84 valence electrons. The first-order chi connectivity index (χ1) is 7.81. The van der Waals surface area contributed by atoms with Crippen LogP contribution in [0.2, 0.25) is 0 Å². The first-order valence-corrected chi connectivity index (χ1v) is 5.22. The lowest BCUT2D eigenvalue weighted by Gasteiger charge is -2.03. The van der Waals surface area contributed by atoms with Crippen molar-refractivity contribution in [3.05, 3.63) is 30.0 Å². The highest BCUT2D eigenvalue weighted by Gasteiger charge is 2.05. The van der Waals surface area contributed by atoms with Gasteiger partial charge in [-0.1, -0.05) is 0 Å². The predicted molar refractivity (Wildman–Crippen MR) is 62.1 cm³/mol. The summed E-state index contributed by atoms with van der Waals surface area (Å²) in [6.07, 6.45) is 2.49. The van der Waals surface area contributed by atoms with Gasteiger partial charge in [0, 0.05) is 17.5 Å². The summed E-state index contributed by atoms with van der Waals surface area (Å²) in [4.78, 5) is 11.7. The number of fused-ring (bicyclic) bond motifs is 1. The second kappa shape index (κ2) is 4.76. The zero-order chi connectivity index (χ0) is 11.4. The number of nitrogens with two attached hydrogens (primary N) is 1. The number of carbonyl (C=O) groups is 1. The van der Waals surface area contributed by atoms with Crippen molar-refractivity contribution in [1.29, 1.82) is 0 Å². The van der Waals surface area contributed by atoms with Gasteiger partial charge in [0.05, 0.1) is 11.7 Å². The van der Waals surface area contributed by atoms with Gasteiger partial charge in [0.1, 0.15) is 0 Å². The maximum absolute atomic E-state index is 11.7. The van der Waals surface area contributed by atoms with Gasteiger partial charge in [0.2, 0.25) is 0 Å². The average Bonchev–Trinajstić information content (AvgIpc) is 2.76. The number of aromatic nitrogens is 2. The Morgan fingerprint density at radius 3 is 3.19 bits per heavy atom. The highest BCUT2D eigenvalue weighted by Crippen LogP contribution is 2.12. The molecule has 0 saturated heterocycles. The van der Waals surface area contributed by atoms with Crippen molar-refractivity contribution >= 4 is 16.8 Å². The van der Waals surface area contributed by atoms with Crippen molar-refractivity contribution < 1.29 is 4.79 Å². The zero-order valence-electron chi connectivity index (χ0n) is 8.86. The topological polar surface area (TPSA) is 83.8 Å². The van der Waals surface area contributed by atoms with Crippen molar-refractivity contribution in [2.45, 2.75) is 6.42 Å². The largest absolute Gasteiger partial charge is 0.352 e. The molecule has 16 heavy (non-hydrogen) atoms. The normalized spacial score (nSPS) is 10.6. The van der Waals surface area contributed by atoms with E-state index in [9.17, 15) is 4.79 Å². The highest BCUT2D eigenvalue weighted by atomic mass is 16.1. The molecule has 1 amide bonds. The molecule has 0 bridgehead atoms. The number of hydrogen-bond acceptors (Lipinski definition) is 3. The van der Waals surface area contributed by atoms with E-state index < -0.39 is 0 Å². The average molecular weight is 218 g/mol. The molecule has 1 heterocycles. The maximum atomic E-state index is 11.7. The molecule has 0 aliphatic carbocycles. The number of hydrogen-bond donors (Lipinski definition) is 3. The van der Waals surface area contributed by atoms with Crippen molar-refractivity contribution in [1.82, 2.24) is 15.5 Å². The third kappa shape index (κ3) is 2.20. The van der Waals surface area contributed by atoms with Crippen LogP contribution in [0.5, 0.6) is 0 Å². The lowest BCUT2D eigenvalue weighted by Crippen LogP contribution is -2.25. The van der Waals surface area contributed by atoms with Gasteiger partial charge in [0.25, 0.3) is 5.91 Å². The van der Waals surface area contributed by atoms with Crippen LogP contribution < -0.4 is 11.1 Å². The molecule has 5 heteroatoms. The van der Waals surface area contributed by atoms with E-state index in [1.54, 1.807) is 12.3 Å². The van der Waals surface area contributed by atoms with Gasteiger partial charge in [0.15, 0.2) is 0 Å². The van der Waals surface area contributed by atoms with Crippen LogP contribution in [0.15, 0.2) is 24.4 Å². The fourth-order valence-electron chi connectivity index (χ4n) is 1.49. The lowest BCUT2D eigenvalue weighted by molar-refractivity contribution is 0.0953. The molecule has 4 N–H and O–H groups in total. The smallest absolute Gasteiger partial charge is 0.251 e. The van der Waals surface area contributed by atoms with E-state index in [2.05, 4.69) is 15.5 Å². The van der Waals surface area contributed by atoms with Crippen molar-refractivity contribution in [3.63, 3.8) is 0 Å². The van der Waals surface area contributed by atoms with Crippen molar-refractivity contribution in [3.8, 4) is 0 Å². The Kier molecular flexibility index (Phi) is 3.16. The molecule has 1 aromatic carbocycles. The number of H-pyrrole nitrogens is 1. The number of carbonyl (C=O) groups excluding carboxylic acids is 1. The summed E-state index contributed by atoms with van der Waals surface area (Å²) < 4.78 is 0. The molecule has 0 atom stereocenters. The van der Waals surface area contributed by atoms with Crippen LogP contribution in [0.1, 0.15) is 16.8 Å². The molecular weight excluding hydrogens is 204 g/mol. The number of amides is 1. The first kappa shape index (κ1) is 10.6. The second-order valence-electron chi connectivity index (χ2n) is 3.57. The zero-order valence-corrected chi connectivity index (χ0v) is 8.86. The second-order valence-corrected chi connectivity index (χ2v) is 3.57. The Hall–Kier alpha value is -1.88. The Morgan fingerprint density at radius 2 is 2.38 bits per heavy atom. The van der Waals surface area contributed by atoms with Gasteiger partial charge < -0.3 is 11.1 Å². The maximum Gasteiger partial charge on any atom is 0.251 e. The van der Waals surface area contributed by atoms with E-state index >= 15 is 0 Å². The summed E-state index contributed by atoms with van der Waals surface area (Å²) in [5.41, 5.74) is 6.92. The van der Waals surface area contributed by atoms with Crippen LogP contribution in [0.25, 0.3) is 10.9 Å². The minimum atomic E-state index is -0.0726. The Bertz CT molecular complexity index is 491.